The Morgan fingerprint density at radius 3 is 2.56 bits per heavy atom. The van der Waals surface area contributed by atoms with Crippen LogP contribution >= 0.6 is 0 Å². The van der Waals surface area contributed by atoms with E-state index >= 15 is 0 Å². The van der Waals surface area contributed by atoms with Crippen LogP contribution in [0.3, 0.4) is 0 Å². The highest BCUT2D eigenvalue weighted by molar-refractivity contribution is 6.02. The molecule has 0 unspecified atom stereocenters. The fourth-order valence-corrected chi connectivity index (χ4v) is 3.70. The molecular formula is C24H24FN5O2. The molecule has 0 saturated carbocycles. The summed E-state index contributed by atoms with van der Waals surface area (Å²) in [5, 5.41) is 13.9. The van der Waals surface area contributed by atoms with E-state index in [9.17, 15) is 14.0 Å². The van der Waals surface area contributed by atoms with Crippen LogP contribution in [0.15, 0.2) is 48.5 Å². The van der Waals surface area contributed by atoms with E-state index < -0.39 is 5.82 Å². The molecule has 0 bridgehead atoms. The summed E-state index contributed by atoms with van der Waals surface area (Å²) in [4.78, 5) is 23.5. The number of anilines is 2. The monoisotopic (exact) mass is 433 g/mol. The second-order valence-corrected chi connectivity index (χ2v) is 7.72. The van der Waals surface area contributed by atoms with Gasteiger partial charge < -0.3 is 15.2 Å². The SMILES string of the molecule is CC(=O)Nc1ccc(/C=C/C(=O)Nc2ccc(F)c(-c3nnc4n3CCCCC4)c2)cc1. The average molecular weight is 433 g/mol. The van der Waals surface area contributed by atoms with Crippen molar-refractivity contribution in [1.29, 1.82) is 0 Å². The van der Waals surface area contributed by atoms with Crippen LogP contribution in [-0.2, 0) is 22.6 Å². The number of fused-ring (bicyclic) bond motifs is 1. The van der Waals surface area contributed by atoms with Gasteiger partial charge in [0.05, 0.1) is 5.56 Å². The van der Waals surface area contributed by atoms with Crippen LogP contribution in [0, 0.1) is 5.82 Å². The molecule has 32 heavy (non-hydrogen) atoms. The summed E-state index contributed by atoms with van der Waals surface area (Å²) in [6.07, 6.45) is 7.08. The molecule has 1 aliphatic heterocycles. The fourth-order valence-electron chi connectivity index (χ4n) is 3.70. The minimum Gasteiger partial charge on any atom is -0.326 e. The number of aryl methyl sites for hydroxylation is 1. The van der Waals surface area contributed by atoms with Crippen molar-refractivity contribution in [2.24, 2.45) is 0 Å². The molecule has 1 aliphatic rings. The number of carbonyl (C=O) groups is 2. The Kier molecular flexibility index (Phi) is 6.39. The summed E-state index contributed by atoms with van der Waals surface area (Å²) >= 11 is 0. The van der Waals surface area contributed by atoms with E-state index in [0.29, 0.717) is 22.8 Å². The quantitative estimate of drug-likeness (QED) is 0.583. The maximum atomic E-state index is 14.6. The van der Waals surface area contributed by atoms with Gasteiger partial charge in [0, 0.05) is 37.3 Å². The normalized spacial score (nSPS) is 13.4. The van der Waals surface area contributed by atoms with Crippen molar-refractivity contribution in [3.63, 3.8) is 0 Å². The van der Waals surface area contributed by atoms with Crippen molar-refractivity contribution in [3.8, 4) is 11.4 Å². The van der Waals surface area contributed by atoms with Crippen LogP contribution in [0.25, 0.3) is 17.5 Å². The van der Waals surface area contributed by atoms with Gasteiger partial charge >= 0.3 is 0 Å². The summed E-state index contributed by atoms with van der Waals surface area (Å²) in [5.74, 6) is 0.475. The Labute approximate surface area is 185 Å². The van der Waals surface area contributed by atoms with Crippen LogP contribution in [0.4, 0.5) is 15.8 Å². The highest BCUT2D eigenvalue weighted by Crippen LogP contribution is 2.27. The second-order valence-electron chi connectivity index (χ2n) is 7.72. The Hall–Kier alpha value is -3.81. The van der Waals surface area contributed by atoms with Crippen molar-refractivity contribution >= 4 is 29.3 Å². The molecule has 4 rings (SSSR count). The van der Waals surface area contributed by atoms with Gasteiger partial charge in [-0.15, -0.1) is 10.2 Å². The minimum atomic E-state index is -0.405. The van der Waals surface area contributed by atoms with E-state index in [-0.39, 0.29) is 11.8 Å². The Morgan fingerprint density at radius 1 is 1.00 bits per heavy atom. The number of nitrogens with one attached hydrogen (secondary N) is 2. The van der Waals surface area contributed by atoms with Gasteiger partial charge in [-0.3, -0.25) is 9.59 Å². The fraction of sp³-hybridized carbons (Fsp3) is 0.250. The largest absolute Gasteiger partial charge is 0.326 e. The molecule has 7 nitrogen and oxygen atoms in total. The lowest BCUT2D eigenvalue weighted by molar-refractivity contribution is -0.114. The summed E-state index contributed by atoms with van der Waals surface area (Å²) < 4.78 is 16.6. The van der Waals surface area contributed by atoms with E-state index in [2.05, 4.69) is 20.8 Å². The van der Waals surface area contributed by atoms with Gasteiger partial charge in [-0.2, -0.15) is 0 Å². The first kappa shape index (κ1) is 21.4. The molecule has 164 valence electrons. The molecule has 0 saturated heterocycles. The van der Waals surface area contributed by atoms with Gasteiger partial charge in [-0.25, -0.2) is 4.39 Å². The Morgan fingerprint density at radius 2 is 1.78 bits per heavy atom. The number of nitrogens with zero attached hydrogens (tertiary/aromatic N) is 3. The van der Waals surface area contributed by atoms with Gasteiger partial charge in [0.15, 0.2) is 5.82 Å². The number of benzene rings is 2. The average Bonchev–Trinajstić information content (AvgIpc) is 3.02. The van der Waals surface area contributed by atoms with Crippen molar-refractivity contribution in [2.45, 2.75) is 39.2 Å². The van der Waals surface area contributed by atoms with Crippen molar-refractivity contribution in [1.82, 2.24) is 14.8 Å². The standard InChI is InChI=1S/C24H24FN5O2/c1-16(31)26-18-9-6-17(7-10-18)8-13-23(32)27-19-11-12-21(25)20(15-19)24-29-28-22-5-3-2-4-14-30(22)24/h6-13,15H,2-5,14H2,1H3,(H,26,31)(H,27,32)/b13-8+. The number of hydrogen-bond acceptors (Lipinski definition) is 4. The number of aromatic nitrogens is 3. The lowest BCUT2D eigenvalue weighted by Crippen LogP contribution is -2.09. The summed E-state index contributed by atoms with van der Waals surface area (Å²) in [5.41, 5.74) is 2.29. The van der Waals surface area contributed by atoms with E-state index in [1.54, 1.807) is 36.4 Å². The van der Waals surface area contributed by atoms with E-state index in [0.717, 1.165) is 43.6 Å². The summed E-state index contributed by atoms with van der Waals surface area (Å²) in [6.45, 7) is 2.20. The first-order valence-electron chi connectivity index (χ1n) is 10.6. The third-order valence-corrected chi connectivity index (χ3v) is 5.24. The zero-order chi connectivity index (χ0) is 22.5. The number of rotatable bonds is 5. The molecule has 2 aromatic carbocycles. The molecule has 0 aliphatic carbocycles. The molecule has 0 atom stereocenters. The van der Waals surface area contributed by atoms with Gasteiger partial charge in [0.2, 0.25) is 11.8 Å². The molecule has 3 aromatic rings. The van der Waals surface area contributed by atoms with E-state index in [4.69, 9.17) is 0 Å². The van der Waals surface area contributed by atoms with E-state index in [1.807, 2.05) is 4.57 Å². The molecule has 0 radical (unpaired) electrons. The maximum Gasteiger partial charge on any atom is 0.248 e. The third-order valence-electron chi connectivity index (χ3n) is 5.24. The Bertz CT molecular complexity index is 1170. The molecule has 2 N–H and O–H groups in total. The van der Waals surface area contributed by atoms with Gasteiger partial charge in [-0.05, 0) is 54.8 Å². The van der Waals surface area contributed by atoms with Crippen LogP contribution in [0.1, 0.15) is 37.6 Å². The summed E-state index contributed by atoms with van der Waals surface area (Å²) in [7, 11) is 0. The lowest BCUT2D eigenvalue weighted by atomic mass is 10.1. The maximum absolute atomic E-state index is 14.6. The van der Waals surface area contributed by atoms with Crippen LogP contribution < -0.4 is 10.6 Å². The zero-order valence-electron chi connectivity index (χ0n) is 17.8. The molecule has 2 amide bonds. The molecule has 0 fully saturated rings. The van der Waals surface area contributed by atoms with Gasteiger partial charge in [0.1, 0.15) is 11.6 Å². The summed E-state index contributed by atoms with van der Waals surface area (Å²) in [6, 6.07) is 11.5. The predicted octanol–water partition coefficient (Wildman–Crippen LogP) is 4.42. The topological polar surface area (TPSA) is 88.9 Å². The number of hydrogen-bond donors (Lipinski definition) is 2. The van der Waals surface area contributed by atoms with E-state index in [1.165, 1.54) is 25.1 Å². The molecule has 2 heterocycles. The lowest BCUT2D eigenvalue weighted by Gasteiger charge is -2.10. The number of carbonyl (C=O) groups excluding carboxylic acids is 2. The van der Waals surface area contributed by atoms with Crippen molar-refractivity contribution < 1.29 is 14.0 Å². The van der Waals surface area contributed by atoms with Crippen molar-refractivity contribution in [2.75, 3.05) is 10.6 Å². The van der Waals surface area contributed by atoms with Gasteiger partial charge in [-0.1, -0.05) is 18.6 Å². The zero-order valence-corrected chi connectivity index (χ0v) is 17.8. The second kappa shape index (κ2) is 9.55. The smallest absolute Gasteiger partial charge is 0.248 e. The predicted molar refractivity (Wildman–Crippen MR) is 121 cm³/mol. The molecule has 8 heteroatoms. The number of amides is 2. The van der Waals surface area contributed by atoms with Crippen LogP contribution in [0.2, 0.25) is 0 Å². The van der Waals surface area contributed by atoms with Crippen molar-refractivity contribution in [3.05, 3.63) is 65.7 Å². The Balaban J connectivity index is 1.47. The third kappa shape index (κ3) is 5.08. The molecular weight excluding hydrogens is 409 g/mol. The molecule has 0 spiro atoms. The highest BCUT2D eigenvalue weighted by Gasteiger charge is 2.19. The number of halogens is 1. The van der Waals surface area contributed by atoms with Gasteiger partial charge in [0.25, 0.3) is 0 Å². The van der Waals surface area contributed by atoms with Crippen LogP contribution in [0.5, 0.6) is 0 Å². The highest BCUT2D eigenvalue weighted by atomic mass is 19.1. The van der Waals surface area contributed by atoms with Crippen LogP contribution in [-0.4, -0.2) is 26.6 Å². The minimum absolute atomic E-state index is 0.145. The first-order chi connectivity index (χ1) is 15.5. The molecule has 1 aromatic heterocycles. The first-order valence-corrected chi connectivity index (χ1v) is 10.6.